The molecule has 1 heterocycles. The standard InChI is InChI=1S/C19H26NO4/c1-13(18(21)24-19(2,3)4)11-16-15-10-8-7-9-14(15)12-17(22-5)20(16)23-6/h7-10,12-13H,11H2,1-6H3/q+1. The van der Waals surface area contributed by atoms with Gasteiger partial charge in [0.25, 0.3) is 0 Å². The first kappa shape index (κ1) is 18.0. The Hall–Kier alpha value is -2.30. The Morgan fingerprint density at radius 1 is 1.21 bits per heavy atom. The summed E-state index contributed by atoms with van der Waals surface area (Å²) in [4.78, 5) is 17.8. The Kier molecular flexibility index (Phi) is 5.32. The van der Waals surface area contributed by atoms with Crippen LogP contribution in [-0.2, 0) is 16.0 Å². The topological polar surface area (TPSA) is 48.6 Å². The molecule has 5 nitrogen and oxygen atoms in total. The quantitative estimate of drug-likeness (QED) is 0.624. The minimum atomic E-state index is -0.501. The summed E-state index contributed by atoms with van der Waals surface area (Å²) in [6.45, 7) is 7.47. The molecule has 0 aliphatic heterocycles. The van der Waals surface area contributed by atoms with Crippen LogP contribution in [0.5, 0.6) is 5.88 Å². The molecule has 5 heteroatoms. The van der Waals surface area contributed by atoms with E-state index in [0.717, 1.165) is 16.5 Å². The molecule has 0 amide bonds. The van der Waals surface area contributed by atoms with Gasteiger partial charge in [0.1, 0.15) is 12.7 Å². The zero-order valence-corrected chi connectivity index (χ0v) is 15.3. The maximum Gasteiger partial charge on any atom is 0.417 e. The fourth-order valence-corrected chi connectivity index (χ4v) is 2.63. The van der Waals surface area contributed by atoms with Gasteiger partial charge < -0.3 is 9.47 Å². The molecule has 130 valence electrons. The lowest BCUT2D eigenvalue weighted by molar-refractivity contribution is -0.891. The van der Waals surface area contributed by atoms with E-state index in [1.54, 1.807) is 19.0 Å². The highest BCUT2D eigenvalue weighted by atomic mass is 16.7. The van der Waals surface area contributed by atoms with Gasteiger partial charge in [-0.15, -0.1) is 0 Å². The summed E-state index contributed by atoms with van der Waals surface area (Å²) in [5, 5.41) is 2.06. The van der Waals surface area contributed by atoms with Crippen LogP contribution in [0.3, 0.4) is 0 Å². The number of nitrogens with zero attached hydrogens (tertiary/aromatic N) is 1. The molecular weight excluding hydrogens is 306 g/mol. The summed E-state index contributed by atoms with van der Waals surface area (Å²) < 4.78 is 12.6. The molecule has 1 atom stereocenters. The molecule has 0 radical (unpaired) electrons. The highest BCUT2D eigenvalue weighted by Crippen LogP contribution is 2.23. The fraction of sp³-hybridized carbons (Fsp3) is 0.474. The number of rotatable bonds is 5. The lowest BCUT2D eigenvalue weighted by Crippen LogP contribution is -2.47. The summed E-state index contributed by atoms with van der Waals surface area (Å²) in [7, 11) is 3.18. The molecule has 2 aromatic rings. The summed E-state index contributed by atoms with van der Waals surface area (Å²) in [6.07, 6.45) is 0.487. The first-order chi connectivity index (χ1) is 11.3. The number of aromatic nitrogens is 1. The average Bonchev–Trinajstić information content (AvgIpc) is 2.52. The van der Waals surface area contributed by atoms with Crippen molar-refractivity contribution in [2.75, 3.05) is 14.2 Å². The van der Waals surface area contributed by atoms with E-state index in [0.29, 0.717) is 12.3 Å². The van der Waals surface area contributed by atoms with Gasteiger partial charge in [-0.1, -0.05) is 25.1 Å². The van der Waals surface area contributed by atoms with E-state index in [4.69, 9.17) is 14.3 Å². The molecule has 1 aromatic heterocycles. The Morgan fingerprint density at radius 2 is 1.88 bits per heavy atom. The average molecular weight is 332 g/mol. The Bertz CT molecular complexity index is 734. The van der Waals surface area contributed by atoms with Gasteiger partial charge in [0, 0.05) is 0 Å². The lowest BCUT2D eigenvalue weighted by Gasteiger charge is -2.22. The number of carbonyl (C=O) groups excluding carboxylic acids is 1. The van der Waals surface area contributed by atoms with Crippen molar-refractivity contribution in [2.45, 2.75) is 39.7 Å². The van der Waals surface area contributed by atoms with Gasteiger partial charge in [0.15, 0.2) is 0 Å². The molecule has 0 N–H and O–H groups in total. The van der Waals surface area contributed by atoms with E-state index in [2.05, 4.69) is 0 Å². The van der Waals surface area contributed by atoms with Crippen LogP contribution in [-0.4, -0.2) is 25.8 Å². The number of carbonyl (C=O) groups is 1. The van der Waals surface area contributed by atoms with Crippen LogP contribution < -0.4 is 14.3 Å². The van der Waals surface area contributed by atoms with E-state index in [-0.39, 0.29) is 11.9 Å². The third-order valence-electron chi connectivity index (χ3n) is 3.70. The monoisotopic (exact) mass is 332 g/mol. The van der Waals surface area contributed by atoms with Crippen LogP contribution >= 0.6 is 0 Å². The Balaban J connectivity index is 2.44. The van der Waals surface area contributed by atoms with Crippen molar-refractivity contribution in [3.05, 3.63) is 36.0 Å². The predicted octanol–water partition coefficient (Wildman–Crippen LogP) is 2.71. The number of fused-ring (bicyclic) bond motifs is 1. The zero-order valence-electron chi connectivity index (χ0n) is 15.3. The number of hydrogen-bond donors (Lipinski definition) is 0. The van der Waals surface area contributed by atoms with E-state index < -0.39 is 5.60 Å². The second-order valence-electron chi connectivity index (χ2n) is 6.84. The van der Waals surface area contributed by atoms with Crippen LogP contribution in [0.15, 0.2) is 30.3 Å². The number of hydrogen-bond acceptors (Lipinski definition) is 4. The lowest BCUT2D eigenvalue weighted by atomic mass is 10.00. The highest BCUT2D eigenvalue weighted by molar-refractivity contribution is 5.84. The van der Waals surface area contributed by atoms with Gasteiger partial charge in [-0.25, -0.2) is 0 Å². The van der Waals surface area contributed by atoms with Gasteiger partial charge in [-0.3, -0.25) is 9.63 Å². The molecule has 24 heavy (non-hydrogen) atoms. The van der Waals surface area contributed by atoms with Gasteiger partial charge in [0.05, 0.1) is 35.6 Å². The molecule has 0 saturated heterocycles. The van der Waals surface area contributed by atoms with E-state index in [1.165, 1.54) is 0 Å². The summed E-state index contributed by atoms with van der Waals surface area (Å²) in [5.41, 5.74) is 0.379. The molecule has 0 aliphatic rings. The molecular formula is C19H26NO4+. The van der Waals surface area contributed by atoms with E-state index >= 15 is 0 Å². The summed E-state index contributed by atoms with van der Waals surface area (Å²) >= 11 is 0. The minimum Gasteiger partial charge on any atom is -0.460 e. The van der Waals surface area contributed by atoms with Crippen molar-refractivity contribution in [3.8, 4) is 5.88 Å². The molecule has 0 saturated carbocycles. The first-order valence-corrected chi connectivity index (χ1v) is 8.05. The van der Waals surface area contributed by atoms with Crippen LogP contribution in [0.25, 0.3) is 10.8 Å². The number of pyridine rings is 1. The number of benzene rings is 1. The van der Waals surface area contributed by atoms with Crippen molar-refractivity contribution in [3.63, 3.8) is 0 Å². The molecule has 0 aliphatic carbocycles. The second-order valence-corrected chi connectivity index (χ2v) is 6.84. The van der Waals surface area contributed by atoms with Crippen molar-refractivity contribution in [1.29, 1.82) is 0 Å². The van der Waals surface area contributed by atoms with Gasteiger partial charge in [-0.2, -0.15) is 0 Å². The van der Waals surface area contributed by atoms with E-state index in [9.17, 15) is 4.79 Å². The number of esters is 1. The van der Waals surface area contributed by atoms with Gasteiger partial charge in [0.2, 0.25) is 5.69 Å². The SMILES string of the molecule is COc1cc2ccccc2c(CC(C)C(=O)OC(C)(C)C)[n+]1OC. The van der Waals surface area contributed by atoms with Crippen molar-refractivity contribution >= 4 is 16.7 Å². The molecule has 0 spiro atoms. The fourth-order valence-electron chi connectivity index (χ4n) is 2.63. The third-order valence-corrected chi connectivity index (χ3v) is 3.70. The van der Waals surface area contributed by atoms with Crippen molar-refractivity contribution < 1.29 is 23.8 Å². The smallest absolute Gasteiger partial charge is 0.417 e. The number of ether oxygens (including phenoxy) is 2. The van der Waals surface area contributed by atoms with Gasteiger partial charge >= 0.3 is 11.8 Å². The maximum absolute atomic E-state index is 12.3. The first-order valence-electron chi connectivity index (χ1n) is 8.05. The molecule has 2 rings (SSSR count). The largest absolute Gasteiger partial charge is 0.460 e. The van der Waals surface area contributed by atoms with Crippen LogP contribution in [0.1, 0.15) is 33.4 Å². The highest BCUT2D eigenvalue weighted by Gasteiger charge is 2.30. The van der Waals surface area contributed by atoms with Crippen LogP contribution in [0.4, 0.5) is 0 Å². The van der Waals surface area contributed by atoms with Crippen LogP contribution in [0.2, 0.25) is 0 Å². The van der Waals surface area contributed by atoms with Crippen LogP contribution in [0, 0.1) is 5.92 Å². The molecule has 1 unspecified atom stereocenters. The molecule has 1 aromatic carbocycles. The minimum absolute atomic E-state index is 0.225. The Morgan fingerprint density at radius 3 is 2.46 bits per heavy atom. The number of methoxy groups -OCH3 is 1. The van der Waals surface area contributed by atoms with Crippen molar-refractivity contribution in [2.24, 2.45) is 5.92 Å². The third kappa shape index (κ3) is 3.96. The summed E-state index contributed by atoms with van der Waals surface area (Å²) in [6, 6.07) is 9.89. The summed E-state index contributed by atoms with van der Waals surface area (Å²) in [5.74, 6) is 0.0563. The van der Waals surface area contributed by atoms with E-state index in [1.807, 2.05) is 58.0 Å². The van der Waals surface area contributed by atoms with Crippen molar-refractivity contribution in [1.82, 2.24) is 0 Å². The second kappa shape index (κ2) is 7.07. The normalized spacial score (nSPS) is 12.8. The molecule has 0 bridgehead atoms. The zero-order chi connectivity index (χ0) is 17.9. The molecule has 0 fully saturated rings. The predicted molar refractivity (Wildman–Crippen MR) is 91.9 cm³/mol. The maximum atomic E-state index is 12.3. The van der Waals surface area contributed by atoms with Gasteiger partial charge in [-0.05, 0) is 32.2 Å². The Labute approximate surface area is 143 Å².